The van der Waals surface area contributed by atoms with E-state index in [0.717, 1.165) is 132 Å². The van der Waals surface area contributed by atoms with Crippen molar-refractivity contribution in [3.63, 3.8) is 0 Å². The van der Waals surface area contributed by atoms with Crippen LogP contribution in [0.3, 0.4) is 0 Å². The van der Waals surface area contributed by atoms with Crippen LogP contribution in [0.5, 0.6) is 0 Å². The molecule has 0 bridgehead atoms. The summed E-state index contributed by atoms with van der Waals surface area (Å²) >= 11 is 0. The van der Waals surface area contributed by atoms with Crippen molar-refractivity contribution in [1.82, 2.24) is 10.1 Å². The Morgan fingerprint density at radius 2 is 0.860 bits per heavy atom. The lowest BCUT2D eigenvalue weighted by Crippen LogP contribution is -2.43. The lowest BCUT2D eigenvalue weighted by atomic mass is 9.82. The maximum Gasteiger partial charge on any atom is 0.340 e. The Balaban J connectivity index is 0.000000159. The van der Waals surface area contributed by atoms with Crippen molar-refractivity contribution in [3.05, 3.63) is 178 Å². The molecule has 0 unspecified atom stereocenters. The number of carboxylic acid groups (broad SMARTS) is 2. The summed E-state index contributed by atoms with van der Waals surface area (Å²) in [5, 5.41) is 27.8. The van der Waals surface area contributed by atoms with E-state index in [9.17, 15) is 43.5 Å². The standard InChI is InChI=1S/C35H37NO6.C29H33N3O5.C28H33NO6/c1-22(2)36(34(38)26-14-10-23(3)11-15-26)30-19-28-27-18-24(13-17-33(37)41-21-25-8-6-5-7-9-25)12-16-31(27)42-32(28)20-29(30)35(39)40-4;1-16(2)32(28(33)20-9-5-17(3)6-10-20)24-14-22-21-13-19(8-12-27-30-18(4)31-37-27)7-11-25(21)36-26(22)15-23(24)29(34)35;1-16(2)29(27(32)19-9-5-17(3)6-10-19)23-14-21-20-13-18(8-12-26(30)31)7-11-24(20)35-25(21)15-22(23)28(33)34-4/h5-9,12-13,16-20,22-23,26H,10-11,14-15,21H2,1-4H3;7,11,13-17,20H,5-6,8-10,12H2,1-4H3,(H,34,35);7,11,13-17,19H,5-6,8-10,12H2,1-4H3,(H,30,31)/b17-13+;;. The number of benzene rings is 7. The molecule has 14 rings (SSSR count). The molecule has 2 N–H and O–H groups in total. The number of aromatic nitrogens is 2. The number of esters is 3. The zero-order chi connectivity index (χ0) is 81.3. The van der Waals surface area contributed by atoms with Gasteiger partial charge in [0.25, 0.3) is 0 Å². The lowest BCUT2D eigenvalue weighted by molar-refractivity contribution is -0.139. The second kappa shape index (κ2) is 36.2. The third-order valence-corrected chi connectivity index (χ3v) is 22.6. The second-order valence-electron chi connectivity index (χ2n) is 31.9. The van der Waals surface area contributed by atoms with Crippen molar-refractivity contribution < 1.29 is 80.6 Å². The molecule has 0 spiro atoms. The molecule has 3 amide bonds. The molecule has 4 heterocycles. The second-order valence-corrected chi connectivity index (χ2v) is 31.9. The van der Waals surface area contributed by atoms with Gasteiger partial charge in [-0.05, 0) is 257 Å². The van der Waals surface area contributed by atoms with Gasteiger partial charge in [-0.3, -0.25) is 19.2 Å². The van der Waals surface area contributed by atoms with E-state index in [1.165, 1.54) is 20.3 Å². The van der Waals surface area contributed by atoms with E-state index in [1.807, 2.05) is 139 Å². The number of anilines is 3. The quantitative estimate of drug-likeness (QED) is 0.0362. The highest BCUT2D eigenvalue weighted by molar-refractivity contribution is 6.16. The number of rotatable bonds is 22. The molecule has 0 saturated heterocycles. The van der Waals surface area contributed by atoms with Crippen LogP contribution < -0.4 is 14.7 Å². The molecule has 598 valence electrons. The Kier molecular flexibility index (Phi) is 26.0. The molecule has 22 nitrogen and oxygen atoms in total. The molecular formula is C92H103N5O17. The Bertz CT molecular complexity index is 5400. The van der Waals surface area contributed by atoms with Gasteiger partial charge in [0.05, 0.1) is 48.0 Å². The van der Waals surface area contributed by atoms with E-state index in [4.69, 9.17) is 37.1 Å². The summed E-state index contributed by atoms with van der Waals surface area (Å²) in [4.78, 5) is 112. The van der Waals surface area contributed by atoms with Crippen molar-refractivity contribution in [2.45, 2.75) is 197 Å². The number of furan rings is 3. The molecule has 22 heteroatoms. The number of nitrogens with zero attached hydrogens (tertiary/aromatic N) is 5. The number of aliphatic carboxylic acids is 1. The van der Waals surface area contributed by atoms with Crippen molar-refractivity contribution in [3.8, 4) is 0 Å². The zero-order valence-corrected chi connectivity index (χ0v) is 67.2. The van der Waals surface area contributed by atoms with E-state index in [2.05, 4.69) is 37.0 Å². The molecule has 0 radical (unpaired) electrons. The highest BCUT2D eigenvalue weighted by Crippen LogP contribution is 2.43. The Morgan fingerprint density at radius 1 is 0.465 bits per heavy atom. The van der Waals surface area contributed by atoms with Crippen LogP contribution in [-0.2, 0) is 64.1 Å². The Labute approximate surface area is 663 Å². The molecule has 3 saturated carbocycles. The summed E-state index contributed by atoms with van der Waals surface area (Å²) in [6, 6.07) is 36.5. The number of hydrogen-bond acceptors (Lipinski definition) is 17. The van der Waals surface area contributed by atoms with Gasteiger partial charge in [0.2, 0.25) is 23.6 Å². The molecule has 7 aromatic carbocycles. The fourth-order valence-corrected chi connectivity index (χ4v) is 16.2. The van der Waals surface area contributed by atoms with Crippen molar-refractivity contribution in [1.29, 1.82) is 0 Å². The first-order valence-electron chi connectivity index (χ1n) is 39.9. The number of methoxy groups -OCH3 is 2. The van der Waals surface area contributed by atoms with Gasteiger partial charge in [0.15, 0.2) is 5.82 Å². The van der Waals surface area contributed by atoms with Gasteiger partial charge in [-0.1, -0.05) is 74.5 Å². The summed E-state index contributed by atoms with van der Waals surface area (Å²) in [6.45, 7) is 20.4. The van der Waals surface area contributed by atoms with Gasteiger partial charge < -0.3 is 56.9 Å². The van der Waals surface area contributed by atoms with Gasteiger partial charge in [-0.25, -0.2) is 19.2 Å². The summed E-state index contributed by atoms with van der Waals surface area (Å²) in [5.74, 6) is -0.519. The summed E-state index contributed by atoms with van der Waals surface area (Å²) in [7, 11) is 2.66. The van der Waals surface area contributed by atoms with Crippen LogP contribution >= 0.6 is 0 Å². The molecule has 11 aromatic rings. The number of carbonyl (C=O) groups excluding carboxylic acids is 6. The monoisotopic (exact) mass is 1550 g/mol. The average Bonchev–Trinajstić information content (AvgIpc) is 1.60. The van der Waals surface area contributed by atoms with Crippen molar-refractivity contribution >= 4 is 137 Å². The number of fused-ring (bicyclic) bond motifs is 9. The van der Waals surface area contributed by atoms with Crippen LogP contribution in [0.2, 0.25) is 0 Å². The molecule has 114 heavy (non-hydrogen) atoms. The van der Waals surface area contributed by atoms with Crippen LogP contribution in [0.15, 0.2) is 145 Å². The molecule has 0 atom stereocenters. The Morgan fingerprint density at radius 3 is 1.25 bits per heavy atom. The van der Waals surface area contributed by atoms with Crippen LogP contribution in [0, 0.1) is 42.4 Å². The minimum absolute atomic E-state index is 0.00657. The number of carboxylic acids is 2. The van der Waals surface area contributed by atoms with Crippen LogP contribution in [0.4, 0.5) is 17.1 Å². The minimum atomic E-state index is -1.08. The highest BCUT2D eigenvalue weighted by atomic mass is 16.5. The topological polar surface area (TPSA) is 293 Å². The molecular weight excluding hydrogens is 1450 g/mol. The lowest BCUT2D eigenvalue weighted by Gasteiger charge is -2.34. The van der Waals surface area contributed by atoms with Gasteiger partial charge in [-0.2, -0.15) is 4.98 Å². The van der Waals surface area contributed by atoms with E-state index < -0.39 is 29.8 Å². The maximum absolute atomic E-state index is 13.9. The molecule has 3 aliphatic carbocycles. The van der Waals surface area contributed by atoms with E-state index >= 15 is 0 Å². The van der Waals surface area contributed by atoms with Gasteiger partial charge >= 0.3 is 29.8 Å². The number of ether oxygens (including phenoxy) is 3. The van der Waals surface area contributed by atoms with E-state index in [1.54, 1.807) is 45.9 Å². The van der Waals surface area contributed by atoms with Crippen molar-refractivity contribution in [2.75, 3.05) is 28.9 Å². The minimum Gasteiger partial charge on any atom is -0.481 e. The molecule has 0 aliphatic heterocycles. The number of hydrogen-bond donors (Lipinski definition) is 2. The molecule has 4 aromatic heterocycles. The normalized spacial score (nSPS) is 17.8. The van der Waals surface area contributed by atoms with Crippen molar-refractivity contribution in [2.24, 2.45) is 35.5 Å². The fraction of sp³-hybridized carbons (Fsp3) is 0.413. The summed E-state index contributed by atoms with van der Waals surface area (Å²) in [6.07, 6.45) is 16.1. The smallest absolute Gasteiger partial charge is 0.340 e. The molecule has 3 fully saturated rings. The van der Waals surface area contributed by atoms with Gasteiger partial charge in [0.1, 0.15) is 40.1 Å². The summed E-state index contributed by atoms with van der Waals surface area (Å²) in [5.41, 5.74) is 9.22. The predicted octanol–water partition coefficient (Wildman–Crippen LogP) is 20.0. The zero-order valence-electron chi connectivity index (χ0n) is 67.2. The van der Waals surface area contributed by atoms with Crippen LogP contribution in [0.25, 0.3) is 71.9 Å². The predicted molar refractivity (Wildman–Crippen MR) is 440 cm³/mol. The van der Waals surface area contributed by atoms with Gasteiger partial charge in [0, 0.05) is 87.1 Å². The van der Waals surface area contributed by atoms with Crippen LogP contribution in [-0.4, -0.2) is 100 Å². The Hall–Kier alpha value is -11.4. The molecule has 3 aliphatic rings. The first-order chi connectivity index (χ1) is 54.6. The van der Waals surface area contributed by atoms with E-state index in [-0.39, 0.29) is 83.3 Å². The van der Waals surface area contributed by atoms with Crippen LogP contribution in [0.1, 0.15) is 211 Å². The first kappa shape index (κ1) is 82.0. The van der Waals surface area contributed by atoms with Gasteiger partial charge in [-0.15, -0.1) is 0 Å². The maximum atomic E-state index is 13.9. The number of carbonyl (C=O) groups is 8. The SMILES string of the molecule is COC(=O)c1cc2oc3ccc(/C=C/C(=O)OCc4ccccc4)cc3c2cc1N(C(=O)C1CCC(C)CC1)C(C)C.COC(=O)c1cc2oc3ccc(CCC(=O)O)cc3c2cc1N(C(=O)C1CCC(C)CC1)C(C)C.Cc1noc(CCc2ccc3oc4cc(C(=O)O)c(N(C(=O)C5CCC(C)CC5)C(C)C)cc4c3c2)n1. The highest BCUT2D eigenvalue weighted by Gasteiger charge is 2.37. The number of aryl methyl sites for hydroxylation is 4. The summed E-state index contributed by atoms with van der Waals surface area (Å²) < 4.78 is 39.0. The number of aromatic carboxylic acids is 1. The third-order valence-electron chi connectivity index (χ3n) is 22.6. The largest absolute Gasteiger partial charge is 0.481 e. The number of amides is 3. The fourth-order valence-electron chi connectivity index (χ4n) is 16.2. The van der Waals surface area contributed by atoms with E-state index in [0.29, 0.717) is 99.3 Å². The third kappa shape index (κ3) is 18.8. The first-order valence-corrected chi connectivity index (χ1v) is 39.9. The average molecular weight is 1550 g/mol.